The fourth-order valence-corrected chi connectivity index (χ4v) is 4.90. The molecule has 0 atom stereocenters. The van der Waals surface area contributed by atoms with Gasteiger partial charge in [-0.15, -0.1) is 0 Å². The lowest BCUT2D eigenvalue weighted by Gasteiger charge is -2.18. The van der Waals surface area contributed by atoms with Gasteiger partial charge >= 0.3 is 0 Å². The lowest BCUT2D eigenvalue weighted by atomic mass is 10.2. The maximum atomic E-state index is 12.9. The maximum absolute atomic E-state index is 12.9. The summed E-state index contributed by atoms with van der Waals surface area (Å²) in [5.41, 5.74) is 3.76. The zero-order valence-electron chi connectivity index (χ0n) is 15.9. The minimum atomic E-state index is -3.74. The minimum absolute atomic E-state index is 0.0690. The van der Waals surface area contributed by atoms with Gasteiger partial charge in [0.2, 0.25) is 10.0 Å². The monoisotopic (exact) mass is 437 g/mol. The molecule has 2 aromatic carbocycles. The van der Waals surface area contributed by atoms with Crippen LogP contribution in [0.2, 0.25) is 10.0 Å². The molecule has 0 unspecified atom stereocenters. The Labute approximate surface area is 175 Å². The molecule has 0 saturated heterocycles. The standard InChI is InChI=1S/C20H21Cl2N3O2S/c1-14-20(15(2)25(23-14)12-16-7-5-4-6-8-16)13-24(3)28(26,27)19-10-17(21)9-18(22)11-19/h4-11H,12-13H2,1-3H3. The van der Waals surface area contributed by atoms with Crippen LogP contribution in [0.3, 0.4) is 0 Å². The molecule has 0 N–H and O–H groups in total. The first kappa shape index (κ1) is 20.9. The van der Waals surface area contributed by atoms with Crippen molar-refractivity contribution in [2.24, 2.45) is 0 Å². The van der Waals surface area contributed by atoms with E-state index in [4.69, 9.17) is 23.2 Å². The van der Waals surface area contributed by atoms with Crippen LogP contribution < -0.4 is 0 Å². The molecule has 0 spiro atoms. The van der Waals surface area contributed by atoms with Crippen molar-refractivity contribution in [3.8, 4) is 0 Å². The van der Waals surface area contributed by atoms with Gasteiger partial charge in [-0.25, -0.2) is 8.42 Å². The Bertz CT molecular complexity index is 1080. The van der Waals surface area contributed by atoms with Gasteiger partial charge in [-0.1, -0.05) is 53.5 Å². The van der Waals surface area contributed by atoms with Crippen LogP contribution >= 0.6 is 23.2 Å². The number of sulfonamides is 1. The fraction of sp³-hybridized carbons (Fsp3) is 0.250. The highest BCUT2D eigenvalue weighted by Gasteiger charge is 2.24. The first-order valence-electron chi connectivity index (χ1n) is 8.67. The van der Waals surface area contributed by atoms with E-state index in [0.717, 1.165) is 22.5 Å². The Kier molecular flexibility index (Phi) is 6.15. The van der Waals surface area contributed by atoms with Crippen LogP contribution in [-0.2, 0) is 23.1 Å². The third-order valence-electron chi connectivity index (χ3n) is 4.63. The highest BCUT2D eigenvalue weighted by atomic mass is 35.5. The van der Waals surface area contributed by atoms with E-state index in [2.05, 4.69) is 5.10 Å². The van der Waals surface area contributed by atoms with Crippen LogP contribution in [0, 0.1) is 13.8 Å². The molecule has 3 rings (SSSR count). The average molecular weight is 438 g/mol. The molecule has 148 valence electrons. The van der Waals surface area contributed by atoms with Crippen molar-refractivity contribution in [2.75, 3.05) is 7.05 Å². The molecule has 28 heavy (non-hydrogen) atoms. The lowest BCUT2D eigenvalue weighted by molar-refractivity contribution is 0.465. The van der Waals surface area contributed by atoms with Gasteiger partial charge < -0.3 is 0 Å². The zero-order valence-corrected chi connectivity index (χ0v) is 18.2. The van der Waals surface area contributed by atoms with Crippen molar-refractivity contribution < 1.29 is 8.42 Å². The Morgan fingerprint density at radius 1 is 1.04 bits per heavy atom. The highest BCUT2D eigenvalue weighted by Crippen LogP contribution is 2.26. The summed E-state index contributed by atoms with van der Waals surface area (Å²) in [7, 11) is -2.20. The maximum Gasteiger partial charge on any atom is 0.243 e. The molecule has 8 heteroatoms. The second-order valence-electron chi connectivity index (χ2n) is 6.66. The first-order chi connectivity index (χ1) is 13.2. The molecule has 0 amide bonds. The van der Waals surface area contributed by atoms with Crippen molar-refractivity contribution in [2.45, 2.75) is 31.8 Å². The van der Waals surface area contributed by atoms with Crippen molar-refractivity contribution >= 4 is 33.2 Å². The highest BCUT2D eigenvalue weighted by molar-refractivity contribution is 7.89. The average Bonchev–Trinajstić information content (AvgIpc) is 2.89. The summed E-state index contributed by atoms with van der Waals surface area (Å²) in [5.74, 6) is 0. The van der Waals surface area contributed by atoms with Gasteiger partial charge in [0, 0.05) is 34.9 Å². The van der Waals surface area contributed by atoms with E-state index in [-0.39, 0.29) is 21.5 Å². The first-order valence-corrected chi connectivity index (χ1v) is 10.9. The predicted molar refractivity (Wildman–Crippen MR) is 112 cm³/mol. The second-order valence-corrected chi connectivity index (χ2v) is 9.58. The molecule has 0 bridgehead atoms. The van der Waals surface area contributed by atoms with Crippen LogP contribution in [0.15, 0.2) is 53.4 Å². The third-order valence-corrected chi connectivity index (χ3v) is 6.85. The van der Waals surface area contributed by atoms with E-state index in [9.17, 15) is 8.42 Å². The van der Waals surface area contributed by atoms with E-state index in [0.29, 0.717) is 6.54 Å². The molecule has 0 saturated carbocycles. The number of nitrogens with zero attached hydrogens (tertiary/aromatic N) is 3. The summed E-state index contributed by atoms with van der Waals surface area (Å²) in [6.07, 6.45) is 0. The van der Waals surface area contributed by atoms with Crippen LogP contribution in [-0.4, -0.2) is 29.6 Å². The predicted octanol–water partition coefficient (Wildman–Crippen LogP) is 4.68. The van der Waals surface area contributed by atoms with Crippen molar-refractivity contribution in [3.05, 3.63) is 81.1 Å². The largest absolute Gasteiger partial charge is 0.265 e. The van der Waals surface area contributed by atoms with Gasteiger partial charge in [0.1, 0.15) is 0 Å². The Morgan fingerprint density at radius 2 is 1.64 bits per heavy atom. The van der Waals surface area contributed by atoms with E-state index < -0.39 is 10.0 Å². The third kappa shape index (κ3) is 4.41. The molecule has 0 aliphatic carbocycles. The molecular weight excluding hydrogens is 417 g/mol. The summed E-state index contributed by atoms with van der Waals surface area (Å²) in [6, 6.07) is 14.3. The van der Waals surface area contributed by atoms with Gasteiger partial charge in [-0.3, -0.25) is 4.68 Å². The number of aromatic nitrogens is 2. The lowest BCUT2D eigenvalue weighted by Crippen LogP contribution is -2.27. The molecule has 0 fully saturated rings. The SMILES string of the molecule is Cc1nn(Cc2ccccc2)c(C)c1CN(C)S(=O)(=O)c1cc(Cl)cc(Cl)c1. The molecule has 1 heterocycles. The Morgan fingerprint density at radius 3 is 2.25 bits per heavy atom. The number of aryl methyl sites for hydroxylation is 1. The van der Waals surface area contributed by atoms with E-state index in [1.165, 1.54) is 29.6 Å². The van der Waals surface area contributed by atoms with Gasteiger partial charge in [-0.2, -0.15) is 9.40 Å². The Balaban J connectivity index is 1.87. The van der Waals surface area contributed by atoms with Crippen LogP contribution in [0.5, 0.6) is 0 Å². The Hall–Kier alpha value is -1.86. The summed E-state index contributed by atoms with van der Waals surface area (Å²) in [4.78, 5) is 0.0690. The molecular formula is C20H21Cl2N3O2S. The molecule has 1 aromatic heterocycles. The van der Waals surface area contributed by atoms with Crippen molar-refractivity contribution in [1.29, 1.82) is 0 Å². The normalized spacial score (nSPS) is 11.9. The van der Waals surface area contributed by atoms with Crippen LogP contribution in [0.1, 0.15) is 22.5 Å². The molecule has 0 aliphatic heterocycles. The summed E-state index contributed by atoms with van der Waals surface area (Å²) in [5, 5.41) is 5.15. The minimum Gasteiger partial charge on any atom is -0.265 e. The number of benzene rings is 2. The van der Waals surface area contributed by atoms with Crippen molar-refractivity contribution in [1.82, 2.24) is 14.1 Å². The quantitative estimate of drug-likeness (QED) is 0.562. The van der Waals surface area contributed by atoms with E-state index in [1.54, 1.807) is 0 Å². The van der Waals surface area contributed by atoms with E-state index >= 15 is 0 Å². The number of rotatable bonds is 6. The van der Waals surface area contributed by atoms with Crippen LogP contribution in [0.4, 0.5) is 0 Å². The molecule has 5 nitrogen and oxygen atoms in total. The van der Waals surface area contributed by atoms with Crippen LogP contribution in [0.25, 0.3) is 0 Å². The molecule has 0 radical (unpaired) electrons. The number of hydrogen-bond donors (Lipinski definition) is 0. The number of hydrogen-bond acceptors (Lipinski definition) is 3. The van der Waals surface area contributed by atoms with Gasteiger partial charge in [0.05, 0.1) is 17.1 Å². The summed E-state index contributed by atoms with van der Waals surface area (Å²) in [6.45, 7) is 4.68. The summed E-state index contributed by atoms with van der Waals surface area (Å²) < 4.78 is 29.1. The second kappa shape index (κ2) is 8.25. The van der Waals surface area contributed by atoms with Gasteiger partial charge in [0.15, 0.2) is 0 Å². The van der Waals surface area contributed by atoms with Gasteiger partial charge in [0.25, 0.3) is 0 Å². The molecule has 0 aliphatic rings. The summed E-state index contributed by atoms with van der Waals surface area (Å²) >= 11 is 11.9. The van der Waals surface area contributed by atoms with E-state index in [1.807, 2.05) is 48.9 Å². The van der Waals surface area contributed by atoms with Gasteiger partial charge in [-0.05, 0) is 37.6 Å². The topological polar surface area (TPSA) is 55.2 Å². The fourth-order valence-electron chi connectivity index (χ4n) is 3.04. The molecule has 3 aromatic rings. The zero-order chi connectivity index (χ0) is 20.5. The number of halogens is 2. The smallest absolute Gasteiger partial charge is 0.243 e. The van der Waals surface area contributed by atoms with Crippen molar-refractivity contribution in [3.63, 3.8) is 0 Å².